The molecule has 2 fully saturated rings. The topological polar surface area (TPSA) is 58.2 Å². The van der Waals surface area contributed by atoms with E-state index in [1.807, 2.05) is 0 Å². The van der Waals surface area contributed by atoms with Crippen LogP contribution in [0.15, 0.2) is 18.2 Å². The zero-order chi connectivity index (χ0) is 17.2. The molecule has 1 N–H and O–H groups in total. The first-order valence-corrected chi connectivity index (χ1v) is 9.59. The van der Waals surface area contributed by atoms with Crippen LogP contribution in [0.3, 0.4) is 0 Å². The molecule has 134 valence electrons. The van der Waals surface area contributed by atoms with Crippen molar-refractivity contribution in [1.82, 2.24) is 15.1 Å². The largest absolute Gasteiger partial charge is 0.381 e. The van der Waals surface area contributed by atoms with E-state index >= 15 is 0 Å². The Labute approximate surface area is 148 Å². The lowest BCUT2D eigenvalue weighted by Crippen LogP contribution is -2.42. The number of amides is 1. The van der Waals surface area contributed by atoms with Gasteiger partial charge in [-0.15, -0.1) is 0 Å². The van der Waals surface area contributed by atoms with Crippen molar-refractivity contribution in [3.63, 3.8) is 0 Å². The molecule has 5 heteroatoms. The minimum Gasteiger partial charge on any atom is -0.381 e. The maximum absolute atomic E-state index is 12.7. The Morgan fingerprint density at radius 3 is 2.72 bits per heavy atom. The molecule has 0 atom stereocenters. The summed E-state index contributed by atoms with van der Waals surface area (Å²) in [6.07, 6.45) is 4.82. The third kappa shape index (κ3) is 3.30. The molecule has 0 spiro atoms. The molecular formula is C20H27N3O2. The first-order valence-electron chi connectivity index (χ1n) is 9.59. The lowest BCUT2D eigenvalue weighted by Gasteiger charge is -2.35. The molecule has 2 saturated heterocycles. The Morgan fingerprint density at radius 2 is 2.00 bits per heavy atom. The second-order valence-electron chi connectivity index (χ2n) is 7.33. The average molecular weight is 341 g/mol. The number of fused-ring (bicyclic) bond motifs is 1. The van der Waals surface area contributed by atoms with Gasteiger partial charge in [-0.1, -0.05) is 19.1 Å². The molecule has 1 aromatic carbocycles. The van der Waals surface area contributed by atoms with E-state index in [0.29, 0.717) is 11.8 Å². The Balaban J connectivity index is 1.42. The van der Waals surface area contributed by atoms with Crippen LogP contribution in [0.5, 0.6) is 0 Å². The van der Waals surface area contributed by atoms with Gasteiger partial charge in [-0.3, -0.25) is 9.89 Å². The number of nitrogens with one attached hydrogen (secondary N) is 1. The molecule has 4 rings (SSSR count). The van der Waals surface area contributed by atoms with Crippen LogP contribution in [0.25, 0.3) is 10.9 Å². The number of piperidine rings is 1. The van der Waals surface area contributed by atoms with Crippen molar-refractivity contribution in [2.45, 2.75) is 44.9 Å². The molecule has 5 nitrogen and oxygen atoms in total. The number of aryl methyl sites for hydroxylation is 1. The number of nitrogens with zero attached hydrogens (tertiary/aromatic N) is 2. The highest BCUT2D eigenvalue weighted by Gasteiger charge is 2.30. The van der Waals surface area contributed by atoms with Crippen molar-refractivity contribution in [3.05, 3.63) is 29.5 Å². The van der Waals surface area contributed by atoms with Gasteiger partial charge in [-0.05, 0) is 43.7 Å². The number of likely N-dealkylation sites (tertiary alicyclic amines) is 1. The van der Waals surface area contributed by atoms with E-state index in [-0.39, 0.29) is 5.92 Å². The number of benzene rings is 1. The molecule has 2 aromatic rings. The molecule has 0 radical (unpaired) electrons. The number of aromatic amines is 1. The number of carbonyl (C=O) groups is 1. The predicted octanol–water partition coefficient (Wildman–Crippen LogP) is 3.26. The maximum Gasteiger partial charge on any atom is 0.225 e. The number of H-pyrrole nitrogens is 1. The summed E-state index contributed by atoms with van der Waals surface area (Å²) >= 11 is 0. The highest BCUT2D eigenvalue weighted by atomic mass is 16.5. The van der Waals surface area contributed by atoms with E-state index in [9.17, 15) is 4.79 Å². The van der Waals surface area contributed by atoms with Crippen molar-refractivity contribution >= 4 is 16.8 Å². The summed E-state index contributed by atoms with van der Waals surface area (Å²) in [5.74, 6) is 0.978. The molecule has 2 aliphatic rings. The summed E-state index contributed by atoms with van der Waals surface area (Å²) in [7, 11) is 0. The van der Waals surface area contributed by atoms with E-state index in [0.717, 1.165) is 63.9 Å². The highest BCUT2D eigenvalue weighted by Crippen LogP contribution is 2.32. The number of hydrogen-bond donors (Lipinski definition) is 1. The quantitative estimate of drug-likeness (QED) is 0.932. The first kappa shape index (κ1) is 16.6. The van der Waals surface area contributed by atoms with Crippen LogP contribution in [-0.2, 0) is 16.0 Å². The van der Waals surface area contributed by atoms with E-state index < -0.39 is 0 Å². The van der Waals surface area contributed by atoms with Gasteiger partial charge in [0.2, 0.25) is 5.91 Å². The highest BCUT2D eigenvalue weighted by molar-refractivity contribution is 5.82. The van der Waals surface area contributed by atoms with Crippen LogP contribution in [0.2, 0.25) is 0 Å². The second-order valence-corrected chi connectivity index (χ2v) is 7.33. The second kappa shape index (κ2) is 7.16. The van der Waals surface area contributed by atoms with Crippen molar-refractivity contribution in [2.24, 2.45) is 5.92 Å². The van der Waals surface area contributed by atoms with Crippen LogP contribution in [0.4, 0.5) is 0 Å². The Hall–Kier alpha value is -1.88. The summed E-state index contributed by atoms with van der Waals surface area (Å²) in [6.45, 7) is 5.34. The van der Waals surface area contributed by atoms with E-state index in [4.69, 9.17) is 4.74 Å². The maximum atomic E-state index is 12.7. The van der Waals surface area contributed by atoms with E-state index in [1.165, 1.54) is 16.6 Å². The van der Waals surface area contributed by atoms with Crippen molar-refractivity contribution in [3.8, 4) is 0 Å². The predicted molar refractivity (Wildman–Crippen MR) is 97.6 cm³/mol. The average Bonchev–Trinajstić information content (AvgIpc) is 3.11. The fraction of sp³-hybridized carbons (Fsp3) is 0.600. The number of rotatable bonds is 3. The van der Waals surface area contributed by atoms with Crippen molar-refractivity contribution < 1.29 is 9.53 Å². The summed E-state index contributed by atoms with van der Waals surface area (Å²) in [5, 5.41) is 9.02. The Morgan fingerprint density at radius 1 is 1.24 bits per heavy atom. The van der Waals surface area contributed by atoms with Gasteiger partial charge < -0.3 is 9.64 Å². The van der Waals surface area contributed by atoms with E-state index in [2.05, 4.69) is 40.2 Å². The zero-order valence-corrected chi connectivity index (χ0v) is 15.0. The van der Waals surface area contributed by atoms with Crippen LogP contribution < -0.4 is 0 Å². The monoisotopic (exact) mass is 341 g/mol. The lowest BCUT2D eigenvalue weighted by molar-refractivity contribution is -0.139. The number of aromatic nitrogens is 2. The van der Waals surface area contributed by atoms with Gasteiger partial charge in [-0.25, -0.2) is 0 Å². The lowest BCUT2D eigenvalue weighted by atomic mass is 9.90. The van der Waals surface area contributed by atoms with E-state index in [1.54, 1.807) is 0 Å². The van der Waals surface area contributed by atoms with Gasteiger partial charge >= 0.3 is 0 Å². The molecule has 0 aliphatic carbocycles. The molecular weight excluding hydrogens is 314 g/mol. The van der Waals surface area contributed by atoms with Gasteiger partial charge in [0, 0.05) is 49.2 Å². The van der Waals surface area contributed by atoms with Crippen LogP contribution in [0, 0.1) is 5.92 Å². The van der Waals surface area contributed by atoms with Crippen molar-refractivity contribution in [1.29, 1.82) is 0 Å². The Kier molecular flexibility index (Phi) is 4.75. The van der Waals surface area contributed by atoms with Gasteiger partial charge in [-0.2, -0.15) is 5.10 Å². The third-order valence-corrected chi connectivity index (χ3v) is 5.84. The smallest absolute Gasteiger partial charge is 0.225 e. The standard InChI is InChI=1S/C20H27N3O2/c1-2-14-3-4-17-18(13-14)21-22-19(17)15-5-9-23(10-6-15)20(24)16-7-11-25-12-8-16/h3-4,13,15-16H,2,5-12H2,1H3,(H,21,22). The summed E-state index contributed by atoms with van der Waals surface area (Å²) in [5.41, 5.74) is 3.63. The van der Waals surface area contributed by atoms with Gasteiger partial charge in [0.25, 0.3) is 0 Å². The number of hydrogen-bond acceptors (Lipinski definition) is 3. The first-order chi connectivity index (χ1) is 12.3. The summed E-state index contributed by atoms with van der Waals surface area (Å²) in [6, 6.07) is 6.58. The molecule has 0 unspecified atom stereocenters. The molecule has 2 aliphatic heterocycles. The normalized spacial score (nSPS) is 20.3. The molecule has 1 aromatic heterocycles. The Bertz CT molecular complexity index is 740. The van der Waals surface area contributed by atoms with Crippen molar-refractivity contribution in [2.75, 3.05) is 26.3 Å². The number of ether oxygens (including phenoxy) is 1. The molecule has 1 amide bonds. The van der Waals surface area contributed by atoms with Crippen LogP contribution in [-0.4, -0.2) is 47.3 Å². The third-order valence-electron chi connectivity index (χ3n) is 5.84. The minimum absolute atomic E-state index is 0.172. The van der Waals surface area contributed by atoms with Gasteiger partial charge in [0.1, 0.15) is 0 Å². The SMILES string of the molecule is CCc1ccc2c(C3CCN(C(=O)C4CCOCC4)CC3)[nH]nc2c1. The molecule has 25 heavy (non-hydrogen) atoms. The summed E-state index contributed by atoms with van der Waals surface area (Å²) < 4.78 is 5.38. The number of carbonyl (C=O) groups excluding carboxylic acids is 1. The fourth-order valence-corrected chi connectivity index (χ4v) is 4.20. The van der Waals surface area contributed by atoms with Crippen LogP contribution in [0.1, 0.15) is 49.8 Å². The minimum atomic E-state index is 0.172. The molecule has 0 saturated carbocycles. The van der Waals surface area contributed by atoms with Crippen LogP contribution >= 0.6 is 0 Å². The molecule has 3 heterocycles. The fourth-order valence-electron chi connectivity index (χ4n) is 4.20. The summed E-state index contributed by atoms with van der Waals surface area (Å²) in [4.78, 5) is 14.7. The van der Waals surface area contributed by atoms with Gasteiger partial charge in [0.15, 0.2) is 0 Å². The molecule has 0 bridgehead atoms. The van der Waals surface area contributed by atoms with Gasteiger partial charge in [0.05, 0.1) is 5.52 Å². The zero-order valence-electron chi connectivity index (χ0n) is 15.0.